The highest BCUT2D eigenvalue weighted by Crippen LogP contribution is 2.24. The number of hydrogen-bond acceptors (Lipinski definition) is 4. The zero-order chi connectivity index (χ0) is 20.1. The third-order valence-electron chi connectivity index (χ3n) is 5.25. The van der Waals surface area contributed by atoms with Crippen molar-refractivity contribution in [1.29, 1.82) is 0 Å². The van der Waals surface area contributed by atoms with Gasteiger partial charge in [0.05, 0.1) is 0 Å². The molecule has 5 nitrogen and oxygen atoms in total. The Kier molecular flexibility index (Phi) is 6.52. The minimum absolute atomic E-state index is 0.204. The second kappa shape index (κ2) is 9.06. The first-order valence-electron chi connectivity index (χ1n) is 9.87. The average molecular weight is 384 g/mol. The van der Waals surface area contributed by atoms with Crippen LogP contribution in [-0.4, -0.2) is 49.6 Å². The molecule has 150 valence electrons. The van der Waals surface area contributed by atoms with Gasteiger partial charge in [-0.2, -0.15) is 0 Å². The Morgan fingerprint density at radius 1 is 1.14 bits per heavy atom. The van der Waals surface area contributed by atoms with Crippen LogP contribution in [0, 0.1) is 12.7 Å². The van der Waals surface area contributed by atoms with Crippen molar-refractivity contribution < 1.29 is 9.18 Å². The number of nitrogens with zero attached hydrogens (tertiary/aromatic N) is 2. The van der Waals surface area contributed by atoms with Crippen molar-refractivity contribution in [3.05, 3.63) is 53.8 Å². The number of likely N-dealkylation sites (N-methyl/N-ethyl adjacent to an activating group) is 1. The van der Waals surface area contributed by atoms with E-state index in [2.05, 4.69) is 39.5 Å². The Hall–Kier alpha value is -2.60. The van der Waals surface area contributed by atoms with Crippen molar-refractivity contribution in [3.63, 3.8) is 0 Å². The number of anilines is 3. The van der Waals surface area contributed by atoms with Crippen molar-refractivity contribution in [2.45, 2.75) is 26.8 Å². The molecular formula is C22H29FN4O. The summed E-state index contributed by atoms with van der Waals surface area (Å²) in [6.45, 7) is 11.4. The molecule has 0 bridgehead atoms. The quantitative estimate of drug-likeness (QED) is 0.797. The van der Waals surface area contributed by atoms with Gasteiger partial charge < -0.3 is 20.4 Å². The number of aryl methyl sites for hydroxylation is 1. The number of halogens is 1. The van der Waals surface area contributed by atoms with E-state index in [9.17, 15) is 9.18 Å². The van der Waals surface area contributed by atoms with Crippen molar-refractivity contribution >= 4 is 23.0 Å². The smallest absolute Gasteiger partial charge is 0.246 e. The molecule has 0 unspecified atom stereocenters. The third-order valence-corrected chi connectivity index (χ3v) is 5.25. The van der Waals surface area contributed by atoms with Gasteiger partial charge >= 0.3 is 0 Å². The van der Waals surface area contributed by atoms with Gasteiger partial charge in [0, 0.05) is 43.2 Å². The van der Waals surface area contributed by atoms with Gasteiger partial charge in [0.1, 0.15) is 11.9 Å². The molecule has 28 heavy (non-hydrogen) atoms. The van der Waals surface area contributed by atoms with E-state index in [4.69, 9.17) is 0 Å². The summed E-state index contributed by atoms with van der Waals surface area (Å²) in [6, 6.07) is 11.8. The highest BCUT2D eigenvalue weighted by molar-refractivity contribution is 5.96. The van der Waals surface area contributed by atoms with E-state index in [1.165, 1.54) is 17.8 Å². The highest BCUT2D eigenvalue weighted by atomic mass is 19.1. The van der Waals surface area contributed by atoms with Crippen LogP contribution in [0.5, 0.6) is 0 Å². The van der Waals surface area contributed by atoms with E-state index < -0.39 is 6.04 Å². The summed E-state index contributed by atoms with van der Waals surface area (Å²) in [5.41, 5.74) is 3.70. The lowest BCUT2D eigenvalue weighted by atomic mass is 10.1. The molecule has 2 aromatic rings. The molecule has 2 N–H and O–H groups in total. The van der Waals surface area contributed by atoms with Gasteiger partial charge in [0.2, 0.25) is 5.91 Å². The van der Waals surface area contributed by atoms with Crippen LogP contribution in [0.25, 0.3) is 0 Å². The minimum Gasteiger partial charge on any atom is -0.374 e. The number of carbonyl (C=O) groups excluding carboxylic acids is 1. The van der Waals surface area contributed by atoms with Crippen LogP contribution in [-0.2, 0) is 4.79 Å². The van der Waals surface area contributed by atoms with Gasteiger partial charge in [-0.1, -0.05) is 13.0 Å². The molecule has 1 amide bonds. The minimum atomic E-state index is -0.444. The topological polar surface area (TPSA) is 47.6 Å². The molecule has 0 saturated carbocycles. The zero-order valence-corrected chi connectivity index (χ0v) is 16.8. The molecule has 1 saturated heterocycles. The number of hydrogen-bond donors (Lipinski definition) is 2. The predicted molar refractivity (Wildman–Crippen MR) is 114 cm³/mol. The van der Waals surface area contributed by atoms with Crippen LogP contribution in [0.15, 0.2) is 42.5 Å². The van der Waals surface area contributed by atoms with E-state index in [1.807, 2.05) is 13.0 Å². The molecule has 0 aliphatic carbocycles. The first-order valence-corrected chi connectivity index (χ1v) is 9.87. The van der Waals surface area contributed by atoms with Crippen molar-refractivity contribution in [3.8, 4) is 0 Å². The lowest BCUT2D eigenvalue weighted by molar-refractivity contribution is -0.116. The Morgan fingerprint density at radius 3 is 2.54 bits per heavy atom. The molecule has 2 aromatic carbocycles. The highest BCUT2D eigenvalue weighted by Gasteiger charge is 2.18. The third kappa shape index (κ3) is 5.01. The molecule has 1 aliphatic rings. The van der Waals surface area contributed by atoms with Gasteiger partial charge in [-0.05, 0) is 62.4 Å². The maximum absolute atomic E-state index is 13.3. The summed E-state index contributed by atoms with van der Waals surface area (Å²) in [5, 5.41) is 6.00. The molecule has 1 heterocycles. The van der Waals surface area contributed by atoms with E-state index in [0.717, 1.165) is 44.0 Å². The van der Waals surface area contributed by atoms with Gasteiger partial charge in [0.25, 0.3) is 0 Å². The Morgan fingerprint density at radius 2 is 1.89 bits per heavy atom. The maximum Gasteiger partial charge on any atom is 0.246 e. The van der Waals surface area contributed by atoms with Crippen LogP contribution in [0.2, 0.25) is 0 Å². The van der Waals surface area contributed by atoms with Crippen LogP contribution in [0.4, 0.5) is 21.5 Å². The molecule has 1 atom stereocenters. The molecule has 1 fully saturated rings. The first-order chi connectivity index (χ1) is 13.5. The van der Waals surface area contributed by atoms with E-state index in [-0.39, 0.29) is 11.7 Å². The lowest BCUT2D eigenvalue weighted by Gasteiger charge is -2.35. The normalized spacial score (nSPS) is 15.9. The molecule has 0 radical (unpaired) electrons. The summed E-state index contributed by atoms with van der Waals surface area (Å²) in [7, 11) is 0. The van der Waals surface area contributed by atoms with Crippen molar-refractivity contribution in [2.75, 3.05) is 48.3 Å². The number of piperazine rings is 1. The second-order valence-electron chi connectivity index (χ2n) is 7.29. The largest absolute Gasteiger partial charge is 0.374 e. The number of nitrogens with one attached hydrogen (secondary N) is 2. The summed E-state index contributed by atoms with van der Waals surface area (Å²) in [6.07, 6.45) is 0. The number of carbonyl (C=O) groups is 1. The second-order valence-corrected chi connectivity index (χ2v) is 7.29. The molecule has 0 spiro atoms. The zero-order valence-electron chi connectivity index (χ0n) is 16.8. The van der Waals surface area contributed by atoms with Crippen LogP contribution in [0.3, 0.4) is 0 Å². The predicted octanol–water partition coefficient (Wildman–Crippen LogP) is 3.72. The maximum atomic E-state index is 13.3. The number of rotatable bonds is 6. The summed E-state index contributed by atoms with van der Waals surface area (Å²) in [5.74, 6) is -0.575. The van der Waals surface area contributed by atoms with Gasteiger partial charge in [-0.25, -0.2) is 4.39 Å². The van der Waals surface area contributed by atoms with Gasteiger partial charge in [-0.15, -0.1) is 0 Å². The van der Waals surface area contributed by atoms with Crippen LogP contribution in [0.1, 0.15) is 19.4 Å². The summed E-state index contributed by atoms with van der Waals surface area (Å²) in [4.78, 5) is 17.3. The Balaban J connectivity index is 1.60. The summed E-state index contributed by atoms with van der Waals surface area (Å²) < 4.78 is 13.3. The van der Waals surface area contributed by atoms with Crippen LogP contribution >= 0.6 is 0 Å². The fourth-order valence-electron chi connectivity index (χ4n) is 3.44. The SMILES string of the molecule is CCN1CCN(c2ccc(N[C@@H](C)C(=O)Nc3cccc(F)c3)c(C)c2)CC1. The number of amides is 1. The van der Waals surface area contributed by atoms with Crippen LogP contribution < -0.4 is 15.5 Å². The summed E-state index contributed by atoms with van der Waals surface area (Å²) >= 11 is 0. The van der Waals surface area contributed by atoms with Gasteiger partial charge in [-0.3, -0.25) is 4.79 Å². The molecule has 0 aromatic heterocycles. The number of benzene rings is 2. The lowest BCUT2D eigenvalue weighted by Crippen LogP contribution is -2.46. The standard InChI is InChI=1S/C22H29FN4O/c1-4-26-10-12-27(13-11-26)20-8-9-21(16(2)14-20)24-17(3)22(28)25-19-7-5-6-18(23)15-19/h5-9,14-15,17,24H,4,10-13H2,1-3H3,(H,25,28)/t17-/m0/s1. The fraction of sp³-hybridized carbons (Fsp3) is 0.409. The molecule has 6 heteroatoms. The van der Waals surface area contributed by atoms with Gasteiger partial charge in [0.15, 0.2) is 0 Å². The molecule has 3 rings (SSSR count). The molecule has 1 aliphatic heterocycles. The molecular weight excluding hydrogens is 355 g/mol. The van der Waals surface area contributed by atoms with Crippen molar-refractivity contribution in [1.82, 2.24) is 4.90 Å². The Bertz CT molecular complexity index is 818. The van der Waals surface area contributed by atoms with E-state index in [0.29, 0.717) is 5.69 Å². The van der Waals surface area contributed by atoms with E-state index in [1.54, 1.807) is 19.1 Å². The first kappa shape index (κ1) is 20.1. The fourth-order valence-corrected chi connectivity index (χ4v) is 3.44. The Labute approximate surface area is 166 Å². The monoisotopic (exact) mass is 384 g/mol. The average Bonchev–Trinajstić information content (AvgIpc) is 2.69. The van der Waals surface area contributed by atoms with E-state index >= 15 is 0 Å². The van der Waals surface area contributed by atoms with Crippen molar-refractivity contribution in [2.24, 2.45) is 0 Å².